The Morgan fingerprint density at radius 1 is 1.07 bits per heavy atom. The molecule has 0 spiro atoms. The number of ketones is 1. The van der Waals surface area contributed by atoms with Gasteiger partial charge in [0.25, 0.3) is 0 Å². The van der Waals surface area contributed by atoms with Crippen LogP contribution < -0.4 is 10.1 Å². The second kappa shape index (κ2) is 10.0. The summed E-state index contributed by atoms with van der Waals surface area (Å²) in [6.45, 7) is 0.170. The molecule has 1 heterocycles. The predicted octanol–water partition coefficient (Wildman–Crippen LogP) is 3.42. The molecule has 0 aliphatic carbocycles. The van der Waals surface area contributed by atoms with Crippen molar-refractivity contribution in [2.24, 2.45) is 0 Å². The van der Waals surface area contributed by atoms with E-state index < -0.39 is 5.82 Å². The molecule has 3 rings (SSSR count). The fourth-order valence-electron chi connectivity index (χ4n) is 2.81. The van der Waals surface area contributed by atoms with Crippen LogP contribution >= 0.6 is 11.8 Å². The average Bonchev–Trinajstić information content (AvgIpc) is 3.19. The normalized spacial score (nSPS) is 10.6. The third kappa shape index (κ3) is 5.24. The van der Waals surface area contributed by atoms with E-state index in [9.17, 15) is 14.0 Å². The van der Waals surface area contributed by atoms with E-state index in [4.69, 9.17) is 4.74 Å². The van der Waals surface area contributed by atoms with Crippen molar-refractivity contribution in [1.82, 2.24) is 20.1 Å². The Morgan fingerprint density at radius 3 is 2.40 bits per heavy atom. The van der Waals surface area contributed by atoms with Gasteiger partial charge in [-0.2, -0.15) is 0 Å². The van der Waals surface area contributed by atoms with Crippen LogP contribution in [0.3, 0.4) is 0 Å². The van der Waals surface area contributed by atoms with Crippen LogP contribution in [0.5, 0.6) is 5.75 Å². The van der Waals surface area contributed by atoms with Gasteiger partial charge >= 0.3 is 0 Å². The summed E-state index contributed by atoms with van der Waals surface area (Å²) in [5, 5.41) is 11.8. The van der Waals surface area contributed by atoms with Crippen LogP contribution in [0.15, 0.2) is 53.7 Å². The van der Waals surface area contributed by atoms with Gasteiger partial charge in [0.15, 0.2) is 16.8 Å². The largest absolute Gasteiger partial charge is 0.497 e. The Balaban J connectivity index is 1.61. The van der Waals surface area contributed by atoms with Gasteiger partial charge in [-0.15, -0.1) is 10.2 Å². The van der Waals surface area contributed by atoms with Gasteiger partial charge in [-0.25, -0.2) is 4.39 Å². The van der Waals surface area contributed by atoms with E-state index in [-0.39, 0.29) is 31.1 Å². The molecule has 0 bridgehead atoms. The molecule has 1 amide bonds. The summed E-state index contributed by atoms with van der Waals surface area (Å²) >= 11 is 1.44. The molecule has 0 unspecified atom stereocenters. The lowest BCUT2D eigenvalue weighted by Gasteiger charge is -2.11. The van der Waals surface area contributed by atoms with Crippen molar-refractivity contribution in [3.05, 3.63) is 65.7 Å². The zero-order chi connectivity index (χ0) is 21.5. The molecule has 0 aliphatic heterocycles. The summed E-state index contributed by atoms with van der Waals surface area (Å²) in [6.07, 6.45) is 1.97. The number of aromatic nitrogens is 3. The number of thioether (sulfide) groups is 1. The van der Waals surface area contributed by atoms with E-state index in [2.05, 4.69) is 15.5 Å². The zero-order valence-corrected chi connectivity index (χ0v) is 17.4. The van der Waals surface area contributed by atoms with Crippen molar-refractivity contribution in [1.29, 1.82) is 0 Å². The number of amides is 1. The maximum Gasteiger partial charge on any atom is 0.220 e. The number of rotatable bonds is 9. The first-order chi connectivity index (χ1) is 14.5. The maximum absolute atomic E-state index is 13.0. The molecule has 0 fully saturated rings. The van der Waals surface area contributed by atoms with Crippen molar-refractivity contribution in [3.63, 3.8) is 0 Å². The number of Topliss-reactive ketones (excluding diaryl/α,β-unsaturated/α-hetero) is 1. The van der Waals surface area contributed by atoms with Crippen LogP contribution in [-0.2, 0) is 11.3 Å². The SMILES string of the molecule is COc1ccc(-n2c(CNC(=O)CCC(=O)c3ccc(F)cc3)nnc2SC)cc1. The topological polar surface area (TPSA) is 86.1 Å². The smallest absolute Gasteiger partial charge is 0.220 e. The Morgan fingerprint density at radius 2 is 1.77 bits per heavy atom. The van der Waals surface area contributed by atoms with E-state index in [0.29, 0.717) is 16.5 Å². The van der Waals surface area contributed by atoms with Crippen LogP contribution in [0, 0.1) is 5.82 Å². The van der Waals surface area contributed by atoms with Crippen LogP contribution in [0.25, 0.3) is 5.69 Å². The number of nitrogens with zero attached hydrogens (tertiary/aromatic N) is 3. The maximum atomic E-state index is 13.0. The molecule has 0 atom stereocenters. The summed E-state index contributed by atoms with van der Waals surface area (Å²) in [6, 6.07) is 12.7. The fourth-order valence-corrected chi connectivity index (χ4v) is 3.33. The number of benzene rings is 2. The number of halogens is 1. The van der Waals surface area contributed by atoms with Gasteiger partial charge in [0.2, 0.25) is 5.91 Å². The Hall–Kier alpha value is -3.20. The highest BCUT2D eigenvalue weighted by Crippen LogP contribution is 2.22. The minimum absolute atomic E-state index is 0.0300. The quantitative estimate of drug-likeness (QED) is 0.415. The summed E-state index contributed by atoms with van der Waals surface area (Å²) in [5.74, 6) is 0.410. The first kappa shape index (κ1) is 21.5. The van der Waals surface area contributed by atoms with Crippen molar-refractivity contribution in [2.45, 2.75) is 24.5 Å². The third-order valence-corrected chi connectivity index (χ3v) is 5.03. The van der Waals surface area contributed by atoms with Gasteiger partial charge in [-0.1, -0.05) is 11.8 Å². The van der Waals surface area contributed by atoms with E-state index in [0.717, 1.165) is 11.4 Å². The molecule has 7 nitrogen and oxygen atoms in total. The van der Waals surface area contributed by atoms with E-state index in [1.54, 1.807) is 7.11 Å². The van der Waals surface area contributed by atoms with Gasteiger partial charge in [-0.05, 0) is 54.8 Å². The highest BCUT2D eigenvalue weighted by atomic mass is 32.2. The van der Waals surface area contributed by atoms with Crippen molar-refractivity contribution < 1.29 is 18.7 Å². The minimum atomic E-state index is -0.408. The molecule has 9 heteroatoms. The van der Waals surface area contributed by atoms with Gasteiger partial charge in [0, 0.05) is 24.1 Å². The zero-order valence-electron chi connectivity index (χ0n) is 16.6. The summed E-state index contributed by atoms with van der Waals surface area (Å²) in [4.78, 5) is 24.3. The van der Waals surface area contributed by atoms with Crippen LogP contribution in [-0.4, -0.2) is 39.8 Å². The number of hydrogen-bond acceptors (Lipinski definition) is 6. The lowest BCUT2D eigenvalue weighted by Crippen LogP contribution is -2.25. The van der Waals surface area contributed by atoms with Gasteiger partial charge in [-0.3, -0.25) is 14.2 Å². The summed E-state index contributed by atoms with van der Waals surface area (Å²) in [5.41, 5.74) is 1.23. The monoisotopic (exact) mass is 428 g/mol. The molecule has 0 aliphatic rings. The molecule has 0 saturated heterocycles. The molecule has 1 aromatic heterocycles. The van der Waals surface area contributed by atoms with Gasteiger partial charge in [0.1, 0.15) is 11.6 Å². The number of nitrogens with one attached hydrogen (secondary N) is 1. The van der Waals surface area contributed by atoms with Crippen molar-refractivity contribution in [3.8, 4) is 11.4 Å². The number of ether oxygens (including phenoxy) is 1. The molecule has 0 radical (unpaired) electrons. The Bertz CT molecular complexity index is 1020. The van der Waals surface area contributed by atoms with Crippen LogP contribution in [0.2, 0.25) is 0 Å². The molecule has 0 saturated carbocycles. The number of carbonyl (C=O) groups is 2. The second-order valence-electron chi connectivity index (χ2n) is 6.34. The number of carbonyl (C=O) groups excluding carboxylic acids is 2. The van der Waals surface area contributed by atoms with E-state index in [1.165, 1.54) is 36.0 Å². The molecular weight excluding hydrogens is 407 g/mol. The summed E-state index contributed by atoms with van der Waals surface area (Å²) < 4.78 is 20.0. The van der Waals surface area contributed by atoms with E-state index in [1.807, 2.05) is 35.1 Å². The average molecular weight is 428 g/mol. The van der Waals surface area contributed by atoms with Crippen LogP contribution in [0.1, 0.15) is 29.0 Å². The van der Waals surface area contributed by atoms with E-state index >= 15 is 0 Å². The Kier molecular flexibility index (Phi) is 7.18. The lowest BCUT2D eigenvalue weighted by molar-refractivity contribution is -0.121. The van der Waals surface area contributed by atoms with Gasteiger partial charge in [0.05, 0.1) is 13.7 Å². The first-order valence-corrected chi connectivity index (χ1v) is 10.4. The minimum Gasteiger partial charge on any atom is -0.497 e. The highest BCUT2D eigenvalue weighted by Gasteiger charge is 2.15. The third-order valence-electron chi connectivity index (χ3n) is 4.40. The standard InChI is InChI=1S/C21H21FN4O3S/c1-29-17-9-7-16(8-10-17)26-19(24-25-21(26)30-2)13-23-20(28)12-11-18(27)14-3-5-15(22)6-4-14/h3-10H,11-13H2,1-2H3,(H,23,28). The second-order valence-corrected chi connectivity index (χ2v) is 7.12. The van der Waals surface area contributed by atoms with Crippen molar-refractivity contribution in [2.75, 3.05) is 13.4 Å². The van der Waals surface area contributed by atoms with Crippen LogP contribution in [0.4, 0.5) is 4.39 Å². The molecule has 3 aromatic rings. The molecule has 30 heavy (non-hydrogen) atoms. The molecule has 2 aromatic carbocycles. The summed E-state index contributed by atoms with van der Waals surface area (Å²) in [7, 11) is 1.60. The van der Waals surface area contributed by atoms with Crippen molar-refractivity contribution >= 4 is 23.5 Å². The van der Waals surface area contributed by atoms with Gasteiger partial charge < -0.3 is 10.1 Å². The number of hydrogen-bond donors (Lipinski definition) is 1. The molecule has 1 N–H and O–H groups in total. The molecular formula is C21H21FN4O3S. The Labute approximate surface area is 177 Å². The fraction of sp³-hybridized carbons (Fsp3) is 0.238. The predicted molar refractivity (Wildman–Crippen MR) is 112 cm³/mol. The first-order valence-electron chi connectivity index (χ1n) is 9.20. The lowest BCUT2D eigenvalue weighted by atomic mass is 10.1. The molecule has 156 valence electrons. The number of methoxy groups -OCH3 is 1. The highest BCUT2D eigenvalue weighted by molar-refractivity contribution is 7.98.